The number of amidine groups is 1. The van der Waals surface area contributed by atoms with Crippen LogP contribution in [0.1, 0.15) is 19.4 Å². The van der Waals surface area contributed by atoms with E-state index in [2.05, 4.69) is 23.8 Å². The summed E-state index contributed by atoms with van der Waals surface area (Å²) in [6, 6.07) is 9.92. The van der Waals surface area contributed by atoms with E-state index in [1.54, 1.807) is 6.20 Å². The van der Waals surface area contributed by atoms with Gasteiger partial charge < -0.3 is 5.73 Å². The molecule has 17 heavy (non-hydrogen) atoms. The number of hydrogen-bond acceptors (Lipinski definition) is 2. The molecule has 0 saturated carbocycles. The van der Waals surface area contributed by atoms with E-state index in [1.165, 1.54) is 0 Å². The van der Waals surface area contributed by atoms with Gasteiger partial charge in [0.1, 0.15) is 5.84 Å². The molecule has 0 radical (unpaired) electrons. The molecule has 2 rings (SSSR count). The van der Waals surface area contributed by atoms with Crippen LogP contribution in [0, 0.1) is 5.92 Å². The number of nitrogens with zero attached hydrogens (tertiary/aromatic N) is 2. The van der Waals surface area contributed by atoms with E-state index in [0.717, 1.165) is 23.0 Å². The van der Waals surface area contributed by atoms with Crippen LogP contribution in [-0.4, -0.2) is 17.4 Å². The first-order chi connectivity index (χ1) is 8.16. The van der Waals surface area contributed by atoms with Crippen LogP contribution in [0.5, 0.6) is 0 Å². The average Bonchev–Trinajstić information content (AvgIpc) is 2.35. The molecule has 1 heterocycles. The Morgan fingerprint density at radius 3 is 2.94 bits per heavy atom. The molecule has 88 valence electrons. The number of pyridine rings is 1. The second kappa shape index (κ2) is 4.95. The minimum absolute atomic E-state index is 0.524. The summed E-state index contributed by atoms with van der Waals surface area (Å²) >= 11 is 0. The Morgan fingerprint density at radius 1 is 1.35 bits per heavy atom. The summed E-state index contributed by atoms with van der Waals surface area (Å²) in [5, 5.41) is 1.09. The van der Waals surface area contributed by atoms with Crippen LogP contribution in [-0.2, 0) is 0 Å². The number of benzene rings is 1. The third-order valence-corrected chi connectivity index (χ3v) is 2.53. The number of nitrogens with two attached hydrogens (primary N) is 1. The highest BCUT2D eigenvalue weighted by Crippen LogP contribution is 2.13. The van der Waals surface area contributed by atoms with Crippen molar-refractivity contribution in [2.75, 3.05) is 6.54 Å². The smallest absolute Gasteiger partial charge is 0.125 e. The monoisotopic (exact) mass is 227 g/mol. The summed E-state index contributed by atoms with van der Waals surface area (Å²) in [4.78, 5) is 8.65. The second-order valence-corrected chi connectivity index (χ2v) is 4.53. The van der Waals surface area contributed by atoms with Crippen molar-refractivity contribution in [3.63, 3.8) is 0 Å². The summed E-state index contributed by atoms with van der Waals surface area (Å²) in [7, 11) is 0. The lowest BCUT2D eigenvalue weighted by molar-refractivity contribution is 0.665. The molecular weight excluding hydrogens is 210 g/mol. The molecule has 0 spiro atoms. The van der Waals surface area contributed by atoms with Gasteiger partial charge in [-0.3, -0.25) is 9.98 Å². The largest absolute Gasteiger partial charge is 0.384 e. The minimum Gasteiger partial charge on any atom is -0.384 e. The number of fused-ring (bicyclic) bond motifs is 1. The fraction of sp³-hybridized carbons (Fsp3) is 0.286. The van der Waals surface area contributed by atoms with Crippen molar-refractivity contribution in [3.05, 3.63) is 42.1 Å². The van der Waals surface area contributed by atoms with Crippen molar-refractivity contribution in [2.24, 2.45) is 16.6 Å². The van der Waals surface area contributed by atoms with Crippen LogP contribution in [0.15, 0.2) is 41.5 Å². The predicted octanol–water partition coefficient (Wildman–Crippen LogP) is 2.60. The van der Waals surface area contributed by atoms with Crippen LogP contribution < -0.4 is 5.73 Å². The molecule has 0 aliphatic heterocycles. The number of aliphatic imine (C=N–C) groups is 1. The van der Waals surface area contributed by atoms with Crippen LogP contribution in [0.4, 0.5) is 0 Å². The average molecular weight is 227 g/mol. The topological polar surface area (TPSA) is 51.3 Å². The highest BCUT2D eigenvalue weighted by molar-refractivity contribution is 6.00. The van der Waals surface area contributed by atoms with Crippen molar-refractivity contribution in [2.45, 2.75) is 13.8 Å². The zero-order valence-corrected chi connectivity index (χ0v) is 10.2. The van der Waals surface area contributed by atoms with Gasteiger partial charge in [0.05, 0.1) is 5.52 Å². The minimum atomic E-state index is 0.524. The predicted molar refractivity (Wildman–Crippen MR) is 72.2 cm³/mol. The summed E-state index contributed by atoms with van der Waals surface area (Å²) in [5.74, 6) is 1.13. The van der Waals surface area contributed by atoms with Crippen molar-refractivity contribution in [1.29, 1.82) is 0 Å². The normalized spacial score (nSPS) is 12.3. The highest BCUT2D eigenvalue weighted by atomic mass is 14.8. The zero-order valence-electron chi connectivity index (χ0n) is 10.2. The van der Waals surface area contributed by atoms with Gasteiger partial charge in [0.2, 0.25) is 0 Å². The Balaban J connectivity index is 2.33. The van der Waals surface area contributed by atoms with E-state index >= 15 is 0 Å². The van der Waals surface area contributed by atoms with Crippen molar-refractivity contribution in [1.82, 2.24) is 4.98 Å². The molecule has 0 fully saturated rings. The molecular formula is C14H17N3. The van der Waals surface area contributed by atoms with E-state index in [1.807, 2.05) is 30.3 Å². The lowest BCUT2D eigenvalue weighted by Gasteiger charge is -2.04. The molecule has 3 nitrogen and oxygen atoms in total. The van der Waals surface area contributed by atoms with E-state index in [4.69, 9.17) is 5.73 Å². The first-order valence-corrected chi connectivity index (χ1v) is 5.82. The maximum atomic E-state index is 5.96. The van der Waals surface area contributed by atoms with Crippen molar-refractivity contribution in [3.8, 4) is 0 Å². The summed E-state index contributed by atoms with van der Waals surface area (Å²) < 4.78 is 0. The molecule has 2 aromatic rings. The second-order valence-electron chi connectivity index (χ2n) is 4.53. The zero-order chi connectivity index (χ0) is 12.3. The van der Waals surface area contributed by atoms with E-state index in [0.29, 0.717) is 11.8 Å². The fourth-order valence-electron chi connectivity index (χ4n) is 1.61. The van der Waals surface area contributed by atoms with E-state index in [-0.39, 0.29) is 0 Å². The molecule has 0 saturated heterocycles. The van der Waals surface area contributed by atoms with Gasteiger partial charge in [-0.05, 0) is 30.2 Å². The number of hydrogen-bond donors (Lipinski definition) is 1. The maximum Gasteiger partial charge on any atom is 0.125 e. The summed E-state index contributed by atoms with van der Waals surface area (Å²) in [6.07, 6.45) is 1.79. The Hall–Kier alpha value is -1.90. The van der Waals surface area contributed by atoms with Crippen molar-refractivity contribution < 1.29 is 0 Å². The lowest BCUT2D eigenvalue weighted by Crippen LogP contribution is -2.14. The molecule has 0 aliphatic carbocycles. The van der Waals surface area contributed by atoms with Gasteiger partial charge in [0, 0.05) is 23.7 Å². The van der Waals surface area contributed by atoms with Crippen molar-refractivity contribution >= 4 is 16.7 Å². The Labute approximate surface area is 101 Å². The molecule has 0 atom stereocenters. The van der Waals surface area contributed by atoms with Gasteiger partial charge in [-0.2, -0.15) is 0 Å². The van der Waals surface area contributed by atoms with Gasteiger partial charge in [0.25, 0.3) is 0 Å². The molecule has 0 amide bonds. The van der Waals surface area contributed by atoms with Gasteiger partial charge in [0.15, 0.2) is 0 Å². The molecule has 0 aliphatic rings. The molecule has 2 N–H and O–H groups in total. The Kier molecular flexibility index (Phi) is 3.38. The summed E-state index contributed by atoms with van der Waals surface area (Å²) in [6.45, 7) is 5.01. The highest BCUT2D eigenvalue weighted by Gasteiger charge is 2.01. The number of rotatable bonds is 3. The van der Waals surface area contributed by atoms with Gasteiger partial charge in [-0.25, -0.2) is 0 Å². The molecule has 0 unspecified atom stereocenters. The van der Waals surface area contributed by atoms with Crippen LogP contribution in [0.25, 0.3) is 10.9 Å². The first-order valence-electron chi connectivity index (χ1n) is 5.82. The third kappa shape index (κ3) is 2.81. The van der Waals surface area contributed by atoms with Crippen LogP contribution in [0.3, 0.4) is 0 Å². The lowest BCUT2D eigenvalue weighted by atomic mass is 10.1. The van der Waals surface area contributed by atoms with Crippen LogP contribution >= 0.6 is 0 Å². The standard InChI is InChI=1S/C14H17N3/c1-10(2)9-17-14(15)12-5-6-13-11(8-12)4-3-7-16-13/h3-8,10H,9H2,1-2H3,(H2,15,17). The van der Waals surface area contributed by atoms with Gasteiger partial charge in [-0.1, -0.05) is 19.9 Å². The van der Waals surface area contributed by atoms with Gasteiger partial charge in [-0.15, -0.1) is 0 Å². The first kappa shape index (κ1) is 11.6. The third-order valence-electron chi connectivity index (χ3n) is 2.53. The van der Waals surface area contributed by atoms with E-state index in [9.17, 15) is 0 Å². The molecule has 3 heteroatoms. The quantitative estimate of drug-likeness (QED) is 0.647. The van der Waals surface area contributed by atoms with Crippen LogP contribution in [0.2, 0.25) is 0 Å². The SMILES string of the molecule is CC(C)CN=C(N)c1ccc2ncccc2c1. The number of aromatic nitrogens is 1. The summed E-state index contributed by atoms with van der Waals surface area (Å²) in [5.41, 5.74) is 7.91. The van der Waals surface area contributed by atoms with E-state index < -0.39 is 0 Å². The molecule has 0 bridgehead atoms. The molecule has 1 aromatic heterocycles. The Morgan fingerprint density at radius 2 is 2.18 bits per heavy atom. The molecule has 1 aromatic carbocycles. The maximum absolute atomic E-state index is 5.96. The Bertz CT molecular complexity index is 544. The van der Waals surface area contributed by atoms with Gasteiger partial charge >= 0.3 is 0 Å². The fourth-order valence-corrected chi connectivity index (χ4v) is 1.61.